The molecule has 6 atom stereocenters. The van der Waals surface area contributed by atoms with Gasteiger partial charge in [-0.15, -0.1) is 0 Å². The molecule has 0 spiro atoms. The highest BCUT2D eigenvalue weighted by atomic mass is 16.5. The predicted octanol–water partition coefficient (Wildman–Crippen LogP) is -1.19. The standard InChI is InChI=1S/C19H25NO8/c1-27-17(24)11-5-3-10(4-6-11)9-20-12(18(25)28-2)8-19(26)14(20)7-13(21)15(22)16(19)23/h3-6,12-16,21-23,26H,7-9H2,1-2H3/t12-,13-,14+,15-,16-,19-/m0/s1. The van der Waals surface area contributed by atoms with Gasteiger partial charge in [0.1, 0.15) is 23.9 Å². The maximum absolute atomic E-state index is 12.3. The van der Waals surface area contributed by atoms with Crippen molar-refractivity contribution in [3.8, 4) is 0 Å². The SMILES string of the molecule is COC(=O)c1ccc(CN2[C@H](C(=O)OC)C[C@@]3(O)[C@@H](O)[C@@H](O)[C@@H](O)C[C@@H]23)cc1. The Morgan fingerprint density at radius 2 is 1.79 bits per heavy atom. The second-order valence-corrected chi connectivity index (χ2v) is 7.35. The molecule has 2 fully saturated rings. The van der Waals surface area contributed by atoms with E-state index in [9.17, 15) is 30.0 Å². The average molecular weight is 395 g/mol. The summed E-state index contributed by atoms with van der Waals surface area (Å²) in [5.74, 6) is -1.05. The molecule has 1 saturated carbocycles. The minimum Gasteiger partial charge on any atom is -0.468 e. The van der Waals surface area contributed by atoms with Gasteiger partial charge in [-0.2, -0.15) is 0 Å². The van der Waals surface area contributed by atoms with Crippen molar-refractivity contribution in [2.75, 3.05) is 14.2 Å². The highest BCUT2D eigenvalue weighted by Gasteiger charge is 2.62. The van der Waals surface area contributed by atoms with Crippen LogP contribution in [0.2, 0.25) is 0 Å². The number of rotatable bonds is 4. The maximum Gasteiger partial charge on any atom is 0.337 e. The number of carbonyl (C=O) groups excluding carboxylic acids is 2. The minimum absolute atomic E-state index is 0.0114. The predicted molar refractivity (Wildman–Crippen MR) is 95.1 cm³/mol. The Labute approximate surface area is 162 Å². The van der Waals surface area contributed by atoms with Crippen molar-refractivity contribution in [1.29, 1.82) is 0 Å². The summed E-state index contributed by atoms with van der Waals surface area (Å²) in [6.45, 7) is 0.212. The van der Waals surface area contributed by atoms with Crippen molar-refractivity contribution < 1.29 is 39.5 Å². The van der Waals surface area contributed by atoms with Gasteiger partial charge in [0.25, 0.3) is 0 Å². The number of nitrogens with zero attached hydrogens (tertiary/aromatic N) is 1. The summed E-state index contributed by atoms with van der Waals surface area (Å²) < 4.78 is 9.52. The summed E-state index contributed by atoms with van der Waals surface area (Å²) >= 11 is 0. The molecule has 0 amide bonds. The van der Waals surface area contributed by atoms with E-state index in [1.165, 1.54) is 14.2 Å². The molecular weight excluding hydrogens is 370 g/mol. The van der Waals surface area contributed by atoms with E-state index in [1.54, 1.807) is 29.2 Å². The second-order valence-electron chi connectivity index (χ2n) is 7.35. The van der Waals surface area contributed by atoms with E-state index in [0.717, 1.165) is 5.56 Å². The van der Waals surface area contributed by atoms with Crippen molar-refractivity contribution >= 4 is 11.9 Å². The minimum atomic E-state index is -1.76. The zero-order valence-electron chi connectivity index (χ0n) is 15.7. The highest BCUT2D eigenvalue weighted by molar-refractivity contribution is 5.89. The van der Waals surface area contributed by atoms with Gasteiger partial charge in [-0.3, -0.25) is 9.69 Å². The van der Waals surface area contributed by atoms with Crippen molar-refractivity contribution in [2.24, 2.45) is 0 Å². The molecule has 1 aromatic rings. The molecule has 0 aromatic heterocycles. The first-order valence-corrected chi connectivity index (χ1v) is 9.00. The van der Waals surface area contributed by atoms with Crippen LogP contribution in [0.1, 0.15) is 28.8 Å². The summed E-state index contributed by atoms with van der Waals surface area (Å²) in [6.07, 6.45) is -4.47. The second kappa shape index (κ2) is 7.76. The number of methoxy groups -OCH3 is 2. The van der Waals surface area contributed by atoms with Gasteiger partial charge in [-0.25, -0.2) is 4.79 Å². The number of hydrogen-bond donors (Lipinski definition) is 4. The smallest absolute Gasteiger partial charge is 0.337 e. The molecule has 0 bridgehead atoms. The van der Waals surface area contributed by atoms with Crippen LogP contribution in [-0.4, -0.2) is 87.5 Å². The first kappa shape index (κ1) is 20.7. The Morgan fingerprint density at radius 1 is 1.14 bits per heavy atom. The lowest BCUT2D eigenvalue weighted by molar-refractivity contribution is -0.197. The molecule has 4 N–H and O–H groups in total. The Balaban J connectivity index is 1.90. The lowest BCUT2D eigenvalue weighted by atomic mass is 9.75. The van der Waals surface area contributed by atoms with Gasteiger partial charge in [0.15, 0.2) is 0 Å². The third-order valence-electron chi connectivity index (χ3n) is 5.81. The molecule has 1 aromatic carbocycles. The molecule has 1 heterocycles. The van der Waals surface area contributed by atoms with Crippen molar-refractivity contribution in [1.82, 2.24) is 4.90 Å². The van der Waals surface area contributed by atoms with Gasteiger partial charge in [-0.05, 0) is 24.1 Å². The van der Waals surface area contributed by atoms with Crippen LogP contribution in [0.4, 0.5) is 0 Å². The number of aliphatic hydroxyl groups is 4. The zero-order valence-corrected chi connectivity index (χ0v) is 15.7. The molecule has 0 radical (unpaired) electrons. The van der Waals surface area contributed by atoms with Gasteiger partial charge in [0.2, 0.25) is 0 Å². The van der Waals surface area contributed by atoms with Crippen molar-refractivity contribution in [3.05, 3.63) is 35.4 Å². The maximum atomic E-state index is 12.3. The van der Waals surface area contributed by atoms with Crippen LogP contribution in [-0.2, 0) is 20.8 Å². The molecule has 28 heavy (non-hydrogen) atoms. The normalized spacial score (nSPS) is 35.3. The largest absolute Gasteiger partial charge is 0.468 e. The number of aliphatic hydroxyl groups excluding tert-OH is 3. The Morgan fingerprint density at radius 3 is 2.36 bits per heavy atom. The van der Waals surface area contributed by atoms with Crippen LogP contribution < -0.4 is 0 Å². The van der Waals surface area contributed by atoms with Gasteiger partial charge < -0.3 is 29.9 Å². The van der Waals surface area contributed by atoms with E-state index in [2.05, 4.69) is 4.74 Å². The van der Waals surface area contributed by atoms with E-state index >= 15 is 0 Å². The van der Waals surface area contributed by atoms with Crippen LogP contribution in [0, 0.1) is 0 Å². The van der Waals surface area contributed by atoms with E-state index in [0.29, 0.717) is 5.56 Å². The monoisotopic (exact) mass is 395 g/mol. The van der Waals surface area contributed by atoms with Gasteiger partial charge in [0.05, 0.1) is 25.9 Å². The quantitative estimate of drug-likeness (QED) is 0.464. The molecule has 3 rings (SSSR count). The number of hydrogen-bond acceptors (Lipinski definition) is 9. The van der Waals surface area contributed by atoms with Crippen molar-refractivity contribution in [3.63, 3.8) is 0 Å². The third kappa shape index (κ3) is 3.40. The molecule has 2 aliphatic rings. The fourth-order valence-corrected chi connectivity index (χ4v) is 4.25. The molecular formula is C19H25NO8. The van der Waals surface area contributed by atoms with Crippen molar-refractivity contribution in [2.45, 2.75) is 55.4 Å². The number of esters is 2. The molecule has 1 saturated heterocycles. The Hall–Kier alpha value is -2.04. The number of likely N-dealkylation sites (tertiary alicyclic amines) is 1. The topological polar surface area (TPSA) is 137 Å². The Kier molecular flexibility index (Phi) is 5.74. The first-order valence-electron chi connectivity index (χ1n) is 9.00. The van der Waals surface area contributed by atoms with Crippen LogP contribution >= 0.6 is 0 Å². The van der Waals surface area contributed by atoms with E-state index < -0.39 is 47.9 Å². The van der Waals surface area contributed by atoms with Gasteiger partial charge >= 0.3 is 11.9 Å². The van der Waals surface area contributed by atoms with Crippen LogP contribution in [0.15, 0.2) is 24.3 Å². The van der Waals surface area contributed by atoms with E-state index in [1.807, 2.05) is 0 Å². The summed E-state index contributed by atoms with van der Waals surface area (Å²) in [7, 11) is 2.52. The summed E-state index contributed by atoms with van der Waals surface area (Å²) in [4.78, 5) is 25.5. The molecule has 1 aliphatic carbocycles. The van der Waals surface area contributed by atoms with Gasteiger partial charge in [-0.1, -0.05) is 12.1 Å². The fraction of sp³-hybridized carbons (Fsp3) is 0.579. The number of fused-ring (bicyclic) bond motifs is 1. The molecule has 154 valence electrons. The van der Waals surface area contributed by atoms with Crippen LogP contribution in [0.3, 0.4) is 0 Å². The zero-order chi connectivity index (χ0) is 20.6. The number of ether oxygens (including phenoxy) is 2. The highest BCUT2D eigenvalue weighted by Crippen LogP contribution is 2.44. The molecule has 9 nitrogen and oxygen atoms in total. The lowest BCUT2D eigenvalue weighted by Gasteiger charge is -2.45. The molecule has 9 heteroatoms. The summed E-state index contributed by atoms with van der Waals surface area (Å²) in [5.41, 5.74) is -0.634. The molecule has 1 aliphatic heterocycles. The average Bonchev–Trinajstić information content (AvgIpc) is 2.99. The third-order valence-corrected chi connectivity index (χ3v) is 5.81. The summed E-state index contributed by atoms with van der Waals surface area (Å²) in [5, 5.41) is 41.5. The number of benzene rings is 1. The fourth-order valence-electron chi connectivity index (χ4n) is 4.25. The summed E-state index contributed by atoms with van der Waals surface area (Å²) in [6, 6.07) is 4.96. The van der Waals surface area contributed by atoms with Gasteiger partial charge in [0, 0.05) is 19.0 Å². The van der Waals surface area contributed by atoms with Crippen LogP contribution in [0.25, 0.3) is 0 Å². The molecule has 0 unspecified atom stereocenters. The first-order chi connectivity index (χ1) is 13.2. The van der Waals surface area contributed by atoms with E-state index in [4.69, 9.17) is 4.74 Å². The van der Waals surface area contributed by atoms with Crippen LogP contribution in [0.5, 0.6) is 0 Å². The van der Waals surface area contributed by atoms with E-state index in [-0.39, 0.29) is 19.4 Å². The Bertz CT molecular complexity index is 738. The lowest BCUT2D eigenvalue weighted by Crippen LogP contribution is -2.64. The number of carbonyl (C=O) groups is 2.